The molecule has 3 heteroatoms. The zero-order chi connectivity index (χ0) is 9.97. The predicted molar refractivity (Wildman–Crippen MR) is 55.5 cm³/mol. The molecule has 0 bridgehead atoms. The highest BCUT2D eigenvalue weighted by Gasteiger charge is 2.19. The average Bonchev–Trinajstić information content (AvgIpc) is 2.56. The highest BCUT2D eigenvalue weighted by Crippen LogP contribution is 2.14. The molecule has 1 heterocycles. The Hall–Kier alpha value is -1.51. The minimum absolute atomic E-state index is 0.266. The van der Waals surface area contributed by atoms with Crippen LogP contribution in [-0.4, -0.2) is 17.4 Å². The van der Waals surface area contributed by atoms with Crippen LogP contribution < -0.4 is 5.73 Å². The lowest BCUT2D eigenvalue weighted by Gasteiger charge is -2.15. The summed E-state index contributed by atoms with van der Waals surface area (Å²) < 4.78 is 0. The minimum Gasteiger partial charge on any atom is -0.399 e. The molecule has 74 valence electrons. The number of rotatable bonds is 2. The Morgan fingerprint density at radius 2 is 2.00 bits per heavy atom. The normalized spacial score (nSPS) is 16.3. The van der Waals surface area contributed by atoms with Crippen molar-refractivity contribution in [3.8, 4) is 0 Å². The maximum atomic E-state index is 11.3. The molecule has 0 unspecified atom stereocenters. The van der Waals surface area contributed by atoms with E-state index in [0.717, 1.165) is 30.8 Å². The summed E-state index contributed by atoms with van der Waals surface area (Å²) in [6.07, 6.45) is 1.70. The fourth-order valence-electron chi connectivity index (χ4n) is 1.71. The van der Waals surface area contributed by atoms with Gasteiger partial charge in [0.1, 0.15) is 0 Å². The SMILES string of the molecule is Nc1ccc(CN2CCCC2=O)cc1. The molecule has 0 aromatic heterocycles. The van der Waals surface area contributed by atoms with E-state index in [1.807, 2.05) is 29.2 Å². The Morgan fingerprint density at radius 1 is 1.29 bits per heavy atom. The van der Waals surface area contributed by atoms with E-state index in [4.69, 9.17) is 5.73 Å². The molecule has 3 nitrogen and oxygen atoms in total. The second-order valence-corrected chi connectivity index (χ2v) is 3.66. The third-order valence-corrected chi connectivity index (χ3v) is 2.52. The van der Waals surface area contributed by atoms with Crippen LogP contribution in [0.2, 0.25) is 0 Å². The van der Waals surface area contributed by atoms with Crippen molar-refractivity contribution < 1.29 is 4.79 Å². The number of nitrogens with zero attached hydrogens (tertiary/aromatic N) is 1. The standard InChI is InChI=1S/C11H14N2O/c12-10-5-3-9(4-6-10)8-13-7-1-2-11(13)14/h3-6H,1-2,7-8,12H2. The van der Waals surface area contributed by atoms with E-state index in [2.05, 4.69) is 0 Å². The number of anilines is 1. The molecule has 1 amide bonds. The number of nitrogen functional groups attached to an aromatic ring is 1. The largest absolute Gasteiger partial charge is 0.399 e. The predicted octanol–water partition coefficient (Wildman–Crippen LogP) is 1.39. The van der Waals surface area contributed by atoms with Gasteiger partial charge in [0.15, 0.2) is 0 Å². The Bertz CT molecular complexity index is 332. The van der Waals surface area contributed by atoms with Gasteiger partial charge < -0.3 is 10.6 Å². The molecule has 1 saturated heterocycles. The summed E-state index contributed by atoms with van der Waals surface area (Å²) in [5.74, 6) is 0.266. The van der Waals surface area contributed by atoms with Crippen LogP contribution in [0.25, 0.3) is 0 Å². The molecule has 2 N–H and O–H groups in total. The van der Waals surface area contributed by atoms with Crippen molar-refractivity contribution in [3.05, 3.63) is 29.8 Å². The van der Waals surface area contributed by atoms with Crippen molar-refractivity contribution >= 4 is 11.6 Å². The maximum Gasteiger partial charge on any atom is 0.222 e. The number of hydrogen-bond donors (Lipinski definition) is 1. The van der Waals surface area contributed by atoms with Crippen LogP contribution >= 0.6 is 0 Å². The third-order valence-electron chi connectivity index (χ3n) is 2.52. The Balaban J connectivity index is 2.03. The fraction of sp³-hybridized carbons (Fsp3) is 0.364. The molecular formula is C11H14N2O. The quantitative estimate of drug-likeness (QED) is 0.716. The molecule has 1 fully saturated rings. The van der Waals surface area contributed by atoms with Gasteiger partial charge in [0, 0.05) is 25.2 Å². The van der Waals surface area contributed by atoms with Gasteiger partial charge in [0.05, 0.1) is 0 Å². The maximum absolute atomic E-state index is 11.3. The van der Waals surface area contributed by atoms with Gasteiger partial charge in [-0.25, -0.2) is 0 Å². The molecule has 14 heavy (non-hydrogen) atoms. The lowest BCUT2D eigenvalue weighted by atomic mass is 10.2. The first-order valence-electron chi connectivity index (χ1n) is 4.88. The number of carbonyl (C=O) groups excluding carboxylic acids is 1. The molecule has 2 rings (SSSR count). The van der Waals surface area contributed by atoms with E-state index in [1.54, 1.807) is 0 Å². The summed E-state index contributed by atoms with van der Waals surface area (Å²) >= 11 is 0. The van der Waals surface area contributed by atoms with E-state index >= 15 is 0 Å². The molecule has 1 aromatic rings. The van der Waals surface area contributed by atoms with Crippen molar-refractivity contribution in [3.63, 3.8) is 0 Å². The smallest absolute Gasteiger partial charge is 0.222 e. The lowest BCUT2D eigenvalue weighted by Crippen LogP contribution is -2.23. The van der Waals surface area contributed by atoms with Crippen molar-refractivity contribution in [2.75, 3.05) is 12.3 Å². The second kappa shape index (κ2) is 3.70. The average molecular weight is 190 g/mol. The monoisotopic (exact) mass is 190 g/mol. The first kappa shape index (κ1) is 9.06. The van der Waals surface area contributed by atoms with E-state index in [0.29, 0.717) is 6.42 Å². The first-order valence-corrected chi connectivity index (χ1v) is 4.88. The fourth-order valence-corrected chi connectivity index (χ4v) is 1.71. The molecule has 0 saturated carbocycles. The van der Waals surface area contributed by atoms with Crippen LogP contribution in [0.1, 0.15) is 18.4 Å². The molecule has 1 aromatic carbocycles. The first-order chi connectivity index (χ1) is 6.75. The summed E-state index contributed by atoms with van der Waals surface area (Å²) in [5.41, 5.74) is 7.49. The van der Waals surface area contributed by atoms with Crippen molar-refractivity contribution in [1.29, 1.82) is 0 Å². The number of carbonyl (C=O) groups is 1. The summed E-state index contributed by atoms with van der Waals surface area (Å²) in [4.78, 5) is 13.2. The van der Waals surface area contributed by atoms with Crippen LogP contribution in [0.15, 0.2) is 24.3 Å². The number of benzene rings is 1. The van der Waals surface area contributed by atoms with Crippen LogP contribution in [0.4, 0.5) is 5.69 Å². The van der Waals surface area contributed by atoms with Gasteiger partial charge >= 0.3 is 0 Å². The van der Waals surface area contributed by atoms with Gasteiger partial charge in [-0.05, 0) is 24.1 Å². The minimum atomic E-state index is 0.266. The molecular weight excluding hydrogens is 176 g/mol. The highest BCUT2D eigenvalue weighted by atomic mass is 16.2. The topological polar surface area (TPSA) is 46.3 Å². The van der Waals surface area contributed by atoms with Gasteiger partial charge in [0.25, 0.3) is 0 Å². The number of hydrogen-bond acceptors (Lipinski definition) is 2. The Kier molecular flexibility index (Phi) is 2.39. The highest BCUT2D eigenvalue weighted by molar-refractivity contribution is 5.78. The Morgan fingerprint density at radius 3 is 2.57 bits per heavy atom. The molecule has 1 aliphatic heterocycles. The van der Waals surface area contributed by atoms with Crippen molar-refractivity contribution in [2.24, 2.45) is 0 Å². The van der Waals surface area contributed by atoms with Gasteiger partial charge in [-0.1, -0.05) is 12.1 Å². The van der Waals surface area contributed by atoms with E-state index in [-0.39, 0.29) is 5.91 Å². The number of likely N-dealkylation sites (tertiary alicyclic amines) is 1. The van der Waals surface area contributed by atoms with Gasteiger partial charge in [-0.15, -0.1) is 0 Å². The summed E-state index contributed by atoms with van der Waals surface area (Å²) in [5, 5.41) is 0. The number of nitrogens with two attached hydrogens (primary N) is 1. The van der Waals surface area contributed by atoms with Crippen LogP contribution in [0, 0.1) is 0 Å². The lowest BCUT2D eigenvalue weighted by molar-refractivity contribution is -0.128. The molecule has 0 aliphatic carbocycles. The molecule has 0 spiro atoms. The Labute approximate surface area is 83.5 Å². The summed E-state index contributed by atoms with van der Waals surface area (Å²) in [7, 11) is 0. The zero-order valence-electron chi connectivity index (χ0n) is 8.07. The van der Waals surface area contributed by atoms with Gasteiger partial charge in [-0.2, -0.15) is 0 Å². The van der Waals surface area contributed by atoms with Gasteiger partial charge in [-0.3, -0.25) is 4.79 Å². The van der Waals surface area contributed by atoms with Crippen molar-refractivity contribution in [2.45, 2.75) is 19.4 Å². The van der Waals surface area contributed by atoms with Crippen LogP contribution in [-0.2, 0) is 11.3 Å². The van der Waals surface area contributed by atoms with E-state index < -0.39 is 0 Å². The van der Waals surface area contributed by atoms with Crippen LogP contribution in [0.5, 0.6) is 0 Å². The summed E-state index contributed by atoms with van der Waals surface area (Å²) in [6.45, 7) is 1.61. The van der Waals surface area contributed by atoms with Crippen LogP contribution in [0.3, 0.4) is 0 Å². The molecule has 0 radical (unpaired) electrons. The van der Waals surface area contributed by atoms with E-state index in [9.17, 15) is 4.79 Å². The second-order valence-electron chi connectivity index (χ2n) is 3.66. The molecule has 0 atom stereocenters. The molecule has 1 aliphatic rings. The van der Waals surface area contributed by atoms with Gasteiger partial charge in [0.2, 0.25) is 5.91 Å². The number of amides is 1. The van der Waals surface area contributed by atoms with E-state index in [1.165, 1.54) is 0 Å². The summed E-state index contributed by atoms with van der Waals surface area (Å²) in [6, 6.07) is 7.69. The zero-order valence-corrected chi connectivity index (χ0v) is 8.07. The third kappa shape index (κ3) is 1.87. The van der Waals surface area contributed by atoms with Crippen molar-refractivity contribution in [1.82, 2.24) is 4.90 Å².